The number of unbranched alkanes of at least 4 members (excludes halogenated alkanes) is 1. The minimum absolute atomic E-state index is 0.0166. The number of hydrogen-bond donors (Lipinski definition) is 3. The van der Waals surface area contributed by atoms with Gasteiger partial charge in [-0.15, -0.1) is 0 Å². The third-order valence-electron chi connectivity index (χ3n) is 4.26. The number of amides is 1. The molecule has 3 N–H and O–H groups in total. The van der Waals surface area contributed by atoms with Crippen LogP contribution in [0.2, 0.25) is 0 Å². The van der Waals surface area contributed by atoms with Crippen molar-refractivity contribution >= 4 is 23.8 Å². The molecular formula is C15H25NO6S. The summed E-state index contributed by atoms with van der Waals surface area (Å²) >= 11 is 1.80. The van der Waals surface area contributed by atoms with E-state index in [1.807, 2.05) is 0 Å². The van der Waals surface area contributed by atoms with Crippen LogP contribution in [-0.4, -0.2) is 65.2 Å². The van der Waals surface area contributed by atoms with E-state index in [-0.39, 0.29) is 44.0 Å². The molecule has 1 unspecified atom stereocenters. The second-order valence-corrected chi connectivity index (χ2v) is 7.80. The summed E-state index contributed by atoms with van der Waals surface area (Å²) in [5.74, 6) is 0.563. The van der Waals surface area contributed by atoms with Crippen molar-refractivity contribution in [3.05, 3.63) is 0 Å². The summed E-state index contributed by atoms with van der Waals surface area (Å²) in [5.41, 5.74) is -0.787. The van der Waals surface area contributed by atoms with Crippen LogP contribution in [0.1, 0.15) is 32.6 Å². The van der Waals surface area contributed by atoms with Crippen LogP contribution in [0.25, 0.3) is 0 Å². The molecule has 0 aromatic heterocycles. The van der Waals surface area contributed by atoms with Gasteiger partial charge in [-0.25, -0.2) is 4.79 Å². The third kappa shape index (κ3) is 4.99. The Balaban J connectivity index is 1.58. The molecule has 8 heteroatoms. The highest BCUT2D eigenvalue weighted by atomic mass is 32.2. The Hall–Kier alpha value is -0.990. The zero-order chi connectivity index (χ0) is 16.9. The molecule has 2 rings (SSSR count). The van der Waals surface area contributed by atoms with Gasteiger partial charge in [0.2, 0.25) is 0 Å². The number of thioether (sulfide) groups is 1. The Kier molecular flexibility index (Phi) is 6.55. The molecule has 2 saturated heterocycles. The van der Waals surface area contributed by atoms with Crippen molar-refractivity contribution in [2.75, 3.05) is 25.6 Å². The summed E-state index contributed by atoms with van der Waals surface area (Å²) in [6, 6.07) is 0.122. The zero-order valence-electron chi connectivity index (χ0n) is 13.3. The van der Waals surface area contributed by atoms with Crippen molar-refractivity contribution in [1.29, 1.82) is 0 Å². The highest BCUT2D eigenvalue weighted by Gasteiger charge is 2.44. The van der Waals surface area contributed by atoms with E-state index < -0.39 is 5.41 Å². The monoisotopic (exact) mass is 347 g/mol. The van der Waals surface area contributed by atoms with E-state index in [0.717, 1.165) is 18.6 Å². The Morgan fingerprint density at radius 1 is 1.43 bits per heavy atom. The highest BCUT2D eigenvalue weighted by Crippen LogP contribution is 2.35. The van der Waals surface area contributed by atoms with Gasteiger partial charge in [-0.05, 0) is 12.8 Å². The fraction of sp³-hybridized carbons (Fsp3) is 0.867. The second-order valence-electron chi connectivity index (χ2n) is 6.53. The van der Waals surface area contributed by atoms with Gasteiger partial charge in [-0.2, -0.15) is 11.8 Å². The normalized spacial score (nSPS) is 26.6. The molecule has 3 atom stereocenters. The van der Waals surface area contributed by atoms with Gasteiger partial charge in [0, 0.05) is 22.8 Å². The fourth-order valence-corrected chi connectivity index (χ4v) is 4.09. The van der Waals surface area contributed by atoms with E-state index in [1.165, 1.54) is 0 Å². The van der Waals surface area contributed by atoms with E-state index >= 15 is 0 Å². The van der Waals surface area contributed by atoms with Crippen LogP contribution in [0.4, 0.5) is 4.79 Å². The lowest BCUT2D eigenvalue weighted by Gasteiger charge is -2.23. The smallest absolute Gasteiger partial charge is 0.407 e. The number of esters is 1. The van der Waals surface area contributed by atoms with Crippen LogP contribution in [0.3, 0.4) is 0 Å². The number of carbonyl (C=O) groups excluding carboxylic acids is 2. The van der Waals surface area contributed by atoms with Crippen molar-refractivity contribution in [1.82, 2.24) is 5.32 Å². The highest BCUT2D eigenvalue weighted by molar-refractivity contribution is 8.00. The summed E-state index contributed by atoms with van der Waals surface area (Å²) in [5, 5.41) is 21.4. The first-order valence-electron chi connectivity index (χ1n) is 7.93. The van der Waals surface area contributed by atoms with Crippen LogP contribution in [0.5, 0.6) is 0 Å². The van der Waals surface area contributed by atoms with Gasteiger partial charge in [-0.3, -0.25) is 4.79 Å². The number of fused-ring (bicyclic) bond motifs is 1. The maximum Gasteiger partial charge on any atom is 0.407 e. The molecule has 132 valence electrons. The molecular weight excluding hydrogens is 322 g/mol. The minimum atomic E-state index is -0.787. The topological polar surface area (TPSA) is 105 Å². The van der Waals surface area contributed by atoms with E-state index in [9.17, 15) is 9.59 Å². The number of nitrogens with one attached hydrogen (secondary N) is 1. The standard InChI is InChI=1S/C15H25NO6S/c1-15(7-17,8-18)9-21-12(19)5-3-2-4-11-13-10(6-23-11)16-14(20)22-13/h10-11,13,17-18H,2-9H2,1H3,(H,16,20)/t10-,11?,13-/m0/s1. The summed E-state index contributed by atoms with van der Waals surface area (Å²) in [7, 11) is 0. The summed E-state index contributed by atoms with van der Waals surface area (Å²) in [6.45, 7) is 1.21. The van der Waals surface area contributed by atoms with Gasteiger partial charge in [-0.1, -0.05) is 13.3 Å². The largest absolute Gasteiger partial charge is 0.465 e. The van der Waals surface area contributed by atoms with Gasteiger partial charge >= 0.3 is 12.1 Å². The third-order valence-corrected chi connectivity index (χ3v) is 5.75. The number of hydrogen-bond acceptors (Lipinski definition) is 7. The fourth-order valence-electron chi connectivity index (χ4n) is 2.60. The average molecular weight is 347 g/mol. The molecule has 0 saturated carbocycles. The molecule has 2 heterocycles. The summed E-state index contributed by atoms with van der Waals surface area (Å²) in [6.07, 6.45) is 2.42. The Labute approximate surface area is 140 Å². The van der Waals surface area contributed by atoms with Crippen LogP contribution in [0.15, 0.2) is 0 Å². The molecule has 2 aliphatic rings. The van der Waals surface area contributed by atoms with Crippen molar-refractivity contribution in [2.45, 2.75) is 50.0 Å². The van der Waals surface area contributed by atoms with E-state index in [2.05, 4.69) is 5.32 Å². The minimum Gasteiger partial charge on any atom is -0.465 e. The molecule has 0 spiro atoms. The molecule has 0 aromatic carbocycles. The lowest BCUT2D eigenvalue weighted by atomic mass is 9.94. The predicted molar refractivity (Wildman–Crippen MR) is 85.1 cm³/mol. The molecule has 23 heavy (non-hydrogen) atoms. The summed E-state index contributed by atoms with van der Waals surface area (Å²) in [4.78, 5) is 22.9. The molecule has 0 aromatic rings. The SMILES string of the molecule is CC(CO)(CO)COC(=O)CCCCC1SC[C@@H]2NC(=O)O[C@H]12. The van der Waals surface area contributed by atoms with Crippen molar-refractivity contribution < 1.29 is 29.3 Å². The van der Waals surface area contributed by atoms with E-state index in [1.54, 1.807) is 18.7 Å². The molecule has 1 amide bonds. The van der Waals surface area contributed by atoms with Crippen molar-refractivity contribution in [3.63, 3.8) is 0 Å². The second kappa shape index (κ2) is 8.21. The molecule has 0 bridgehead atoms. The Morgan fingerprint density at radius 2 is 2.17 bits per heavy atom. The van der Waals surface area contributed by atoms with Gasteiger partial charge in [0.1, 0.15) is 12.7 Å². The van der Waals surface area contributed by atoms with Gasteiger partial charge in [0.15, 0.2) is 0 Å². The molecule has 2 fully saturated rings. The lowest BCUT2D eigenvalue weighted by molar-refractivity contribution is -0.149. The molecule has 0 radical (unpaired) electrons. The maximum absolute atomic E-state index is 11.7. The maximum atomic E-state index is 11.7. The van der Waals surface area contributed by atoms with Crippen LogP contribution >= 0.6 is 11.8 Å². The summed E-state index contributed by atoms with van der Waals surface area (Å²) < 4.78 is 10.4. The van der Waals surface area contributed by atoms with Crippen LogP contribution in [-0.2, 0) is 14.3 Å². The van der Waals surface area contributed by atoms with Crippen molar-refractivity contribution in [2.24, 2.45) is 5.41 Å². The van der Waals surface area contributed by atoms with Gasteiger partial charge in [0.05, 0.1) is 19.3 Å². The van der Waals surface area contributed by atoms with E-state index in [0.29, 0.717) is 18.1 Å². The Bertz CT molecular complexity index is 428. The number of ether oxygens (including phenoxy) is 2. The van der Waals surface area contributed by atoms with Crippen LogP contribution < -0.4 is 5.32 Å². The van der Waals surface area contributed by atoms with Gasteiger partial charge < -0.3 is 25.0 Å². The van der Waals surface area contributed by atoms with Crippen LogP contribution in [0, 0.1) is 5.41 Å². The first kappa shape index (κ1) is 18.4. The number of aliphatic hydroxyl groups is 2. The quantitative estimate of drug-likeness (QED) is 0.416. The number of alkyl carbamates (subject to hydrolysis) is 1. The number of carbonyl (C=O) groups is 2. The number of aliphatic hydroxyl groups excluding tert-OH is 2. The molecule has 7 nitrogen and oxygen atoms in total. The predicted octanol–water partition coefficient (Wildman–Crippen LogP) is 0.673. The first-order valence-corrected chi connectivity index (χ1v) is 8.98. The molecule has 2 aliphatic heterocycles. The lowest BCUT2D eigenvalue weighted by Crippen LogP contribution is -2.32. The average Bonchev–Trinajstić information content (AvgIpc) is 3.08. The van der Waals surface area contributed by atoms with Gasteiger partial charge in [0.25, 0.3) is 0 Å². The zero-order valence-corrected chi connectivity index (χ0v) is 14.1. The number of rotatable bonds is 9. The molecule has 0 aliphatic carbocycles. The first-order chi connectivity index (χ1) is 11.0. The Morgan fingerprint density at radius 3 is 2.87 bits per heavy atom. The van der Waals surface area contributed by atoms with Crippen molar-refractivity contribution in [3.8, 4) is 0 Å². The van der Waals surface area contributed by atoms with E-state index in [4.69, 9.17) is 19.7 Å².